The molecular formula is C25H30F3NO3. The Morgan fingerprint density at radius 1 is 1.06 bits per heavy atom. The van der Waals surface area contributed by atoms with Gasteiger partial charge in [0, 0.05) is 24.4 Å². The number of benzene rings is 1. The number of likely N-dealkylation sites (tertiary alicyclic amines) is 1. The van der Waals surface area contributed by atoms with Gasteiger partial charge in [-0.1, -0.05) is 12.1 Å². The number of rotatable bonds is 2. The Balaban J connectivity index is 1.14. The summed E-state index contributed by atoms with van der Waals surface area (Å²) in [6.45, 7) is 3.45. The molecule has 2 saturated carbocycles. The molecule has 7 heteroatoms. The van der Waals surface area contributed by atoms with Crippen LogP contribution in [0.15, 0.2) is 24.3 Å². The molecule has 2 heterocycles. The Morgan fingerprint density at radius 3 is 2.28 bits per heavy atom. The number of nitrogens with zero attached hydrogens (tertiary/aromatic N) is 1. The smallest absolute Gasteiger partial charge is 0.416 e. The van der Waals surface area contributed by atoms with Gasteiger partial charge in [0.15, 0.2) is 0 Å². The molecule has 4 aliphatic rings. The fourth-order valence-electron chi connectivity index (χ4n) is 6.72. The summed E-state index contributed by atoms with van der Waals surface area (Å²) >= 11 is 0. The van der Waals surface area contributed by atoms with E-state index in [1.807, 2.05) is 11.8 Å². The Bertz CT molecular complexity index is 896. The zero-order chi connectivity index (χ0) is 22.7. The summed E-state index contributed by atoms with van der Waals surface area (Å²) in [5.74, 6) is 0.373. The van der Waals surface area contributed by atoms with Gasteiger partial charge in [0.25, 0.3) is 0 Å². The lowest BCUT2D eigenvalue weighted by Crippen LogP contribution is -2.52. The van der Waals surface area contributed by atoms with Crippen molar-refractivity contribution in [3.63, 3.8) is 0 Å². The fraction of sp³-hybridized carbons (Fsp3) is 0.680. The molecule has 32 heavy (non-hydrogen) atoms. The quantitative estimate of drug-likeness (QED) is 0.575. The van der Waals surface area contributed by atoms with Gasteiger partial charge < -0.3 is 9.64 Å². The second kappa shape index (κ2) is 7.49. The highest BCUT2D eigenvalue weighted by atomic mass is 19.4. The zero-order valence-electron chi connectivity index (χ0n) is 18.4. The highest BCUT2D eigenvalue weighted by molar-refractivity contribution is 5.81. The molecule has 0 radical (unpaired) electrons. The van der Waals surface area contributed by atoms with E-state index in [1.165, 1.54) is 12.1 Å². The number of piperidine rings is 1. The summed E-state index contributed by atoms with van der Waals surface area (Å²) in [6.07, 6.45) is 2.53. The molecule has 1 amide bonds. The molecule has 1 aromatic carbocycles. The van der Waals surface area contributed by atoms with Gasteiger partial charge in [0.2, 0.25) is 5.91 Å². The molecule has 2 atom stereocenters. The molecule has 174 valence electrons. The monoisotopic (exact) mass is 449 g/mol. The maximum Gasteiger partial charge on any atom is 0.416 e. The van der Waals surface area contributed by atoms with Crippen LogP contribution in [-0.2, 0) is 20.5 Å². The van der Waals surface area contributed by atoms with E-state index in [1.54, 1.807) is 12.1 Å². The molecule has 5 rings (SSSR count). The zero-order valence-corrected chi connectivity index (χ0v) is 18.4. The number of hydrogen-bond acceptors (Lipinski definition) is 3. The Labute approximate surface area is 186 Å². The van der Waals surface area contributed by atoms with Crippen LogP contribution in [0.1, 0.15) is 75.3 Å². The van der Waals surface area contributed by atoms with Crippen molar-refractivity contribution in [1.82, 2.24) is 4.90 Å². The summed E-state index contributed by atoms with van der Waals surface area (Å²) < 4.78 is 43.8. The first-order chi connectivity index (χ1) is 15.1. The number of amides is 1. The van der Waals surface area contributed by atoms with Crippen molar-refractivity contribution < 1.29 is 27.5 Å². The van der Waals surface area contributed by atoms with E-state index in [0.29, 0.717) is 12.3 Å². The van der Waals surface area contributed by atoms with Crippen molar-refractivity contribution in [2.24, 2.45) is 16.7 Å². The molecule has 2 aliphatic carbocycles. The molecule has 2 aliphatic heterocycles. The number of carbonyl (C=O) groups excluding carboxylic acids is 2. The van der Waals surface area contributed by atoms with Gasteiger partial charge in [0.1, 0.15) is 6.10 Å². The Hall–Kier alpha value is -2.05. The molecule has 1 aromatic rings. The molecule has 2 saturated heterocycles. The van der Waals surface area contributed by atoms with E-state index in [2.05, 4.69) is 0 Å². The average Bonchev–Trinajstić information content (AvgIpc) is 3.27. The molecule has 2 spiro atoms. The lowest BCUT2D eigenvalue weighted by atomic mass is 9.58. The van der Waals surface area contributed by atoms with E-state index in [9.17, 15) is 22.8 Å². The second-order valence-corrected chi connectivity index (χ2v) is 10.7. The highest BCUT2D eigenvalue weighted by Gasteiger charge is 2.57. The Kier molecular flexibility index (Phi) is 5.10. The number of halogens is 3. The first-order valence-corrected chi connectivity index (χ1v) is 11.7. The van der Waals surface area contributed by atoms with E-state index < -0.39 is 11.7 Å². The summed E-state index contributed by atoms with van der Waals surface area (Å²) in [6, 6.07) is 5.65. The van der Waals surface area contributed by atoms with E-state index in [-0.39, 0.29) is 34.7 Å². The highest BCUT2D eigenvalue weighted by Crippen LogP contribution is 2.56. The maximum atomic E-state index is 13.0. The minimum absolute atomic E-state index is 0.00414. The molecule has 0 N–H and O–H groups in total. The van der Waals surface area contributed by atoms with Gasteiger partial charge >= 0.3 is 12.1 Å². The summed E-state index contributed by atoms with van der Waals surface area (Å²) in [7, 11) is 0. The van der Waals surface area contributed by atoms with Crippen molar-refractivity contribution in [3.05, 3.63) is 35.4 Å². The average molecular weight is 450 g/mol. The Morgan fingerprint density at radius 2 is 1.72 bits per heavy atom. The van der Waals surface area contributed by atoms with Gasteiger partial charge in [-0.25, -0.2) is 0 Å². The van der Waals surface area contributed by atoms with Crippen LogP contribution < -0.4 is 0 Å². The number of hydrogen-bond donors (Lipinski definition) is 0. The number of alkyl halides is 3. The standard InChI is InChI=1S/C25H30F3NO3/c1-16-24(15-21(30)32-16)13-19(14-24)22(31)29-10-8-23(9-11-29)7-6-18(12-23)17-2-4-20(5-3-17)25(26,27)28/h2-5,16,18-19H,6-15H2,1H3. The van der Waals surface area contributed by atoms with Crippen LogP contribution in [0.5, 0.6) is 0 Å². The molecule has 0 aromatic heterocycles. The van der Waals surface area contributed by atoms with Gasteiger partial charge in [-0.3, -0.25) is 9.59 Å². The number of cyclic esters (lactones) is 1. The van der Waals surface area contributed by atoms with Crippen molar-refractivity contribution >= 4 is 11.9 Å². The molecule has 2 unspecified atom stereocenters. The predicted molar refractivity (Wildman–Crippen MR) is 112 cm³/mol. The second-order valence-electron chi connectivity index (χ2n) is 10.7. The van der Waals surface area contributed by atoms with Crippen LogP contribution in [0.4, 0.5) is 13.2 Å². The van der Waals surface area contributed by atoms with Crippen molar-refractivity contribution in [2.75, 3.05) is 13.1 Å². The minimum Gasteiger partial charge on any atom is -0.462 e. The number of ether oxygens (including phenoxy) is 1. The van der Waals surface area contributed by atoms with E-state index >= 15 is 0 Å². The van der Waals surface area contributed by atoms with Gasteiger partial charge in [-0.05, 0) is 80.9 Å². The maximum absolute atomic E-state index is 13.0. The summed E-state index contributed by atoms with van der Waals surface area (Å²) in [4.78, 5) is 26.6. The lowest BCUT2D eigenvalue weighted by molar-refractivity contribution is -0.148. The topological polar surface area (TPSA) is 46.6 Å². The van der Waals surface area contributed by atoms with Crippen LogP contribution >= 0.6 is 0 Å². The molecule has 4 nitrogen and oxygen atoms in total. The molecule has 0 bridgehead atoms. The van der Waals surface area contributed by atoms with Gasteiger partial charge in [-0.2, -0.15) is 13.2 Å². The SMILES string of the molecule is CC1OC(=O)CC12CC(C(=O)N1CCC3(CCC(c4ccc(C(F)(F)F)cc4)C3)CC1)C2. The third kappa shape index (κ3) is 3.71. The van der Waals surface area contributed by atoms with Gasteiger partial charge in [-0.15, -0.1) is 0 Å². The van der Waals surface area contributed by atoms with Crippen LogP contribution in [0, 0.1) is 16.7 Å². The largest absolute Gasteiger partial charge is 0.462 e. The molecular weight excluding hydrogens is 419 g/mol. The van der Waals surface area contributed by atoms with Crippen molar-refractivity contribution in [2.45, 2.75) is 76.5 Å². The first-order valence-electron chi connectivity index (χ1n) is 11.7. The number of carbonyl (C=O) groups is 2. The number of esters is 1. The fourth-order valence-corrected chi connectivity index (χ4v) is 6.72. The van der Waals surface area contributed by atoms with Crippen LogP contribution in [0.2, 0.25) is 0 Å². The molecule has 4 fully saturated rings. The summed E-state index contributed by atoms with van der Waals surface area (Å²) in [5, 5.41) is 0. The van der Waals surface area contributed by atoms with E-state index in [4.69, 9.17) is 4.74 Å². The first kappa shape index (κ1) is 21.8. The minimum atomic E-state index is -4.30. The lowest BCUT2D eigenvalue weighted by Gasteiger charge is -2.48. The normalized spacial score (nSPS) is 34.1. The summed E-state index contributed by atoms with van der Waals surface area (Å²) in [5.41, 5.74) is 0.469. The van der Waals surface area contributed by atoms with Crippen LogP contribution in [0.25, 0.3) is 0 Å². The third-order valence-corrected chi connectivity index (χ3v) is 8.87. The van der Waals surface area contributed by atoms with Crippen LogP contribution in [-0.4, -0.2) is 36.0 Å². The predicted octanol–water partition coefficient (Wildman–Crippen LogP) is 5.31. The van der Waals surface area contributed by atoms with Crippen molar-refractivity contribution in [3.8, 4) is 0 Å². The van der Waals surface area contributed by atoms with E-state index in [0.717, 1.165) is 63.6 Å². The van der Waals surface area contributed by atoms with Gasteiger partial charge in [0.05, 0.1) is 12.0 Å². The van der Waals surface area contributed by atoms with Crippen LogP contribution in [0.3, 0.4) is 0 Å². The van der Waals surface area contributed by atoms with Crippen molar-refractivity contribution in [1.29, 1.82) is 0 Å². The third-order valence-electron chi connectivity index (χ3n) is 8.87.